The molecule has 1 aliphatic heterocycles. The Balaban J connectivity index is 1.64. The van der Waals surface area contributed by atoms with E-state index in [0.29, 0.717) is 10.5 Å². The number of ether oxygens (including phenoxy) is 2. The SMILES string of the molecule is COc1cc(/C=C2\C(=O)NC(=O)N(c3cccc([N+](=O)[O-])c3)C2=O)cc(Cl)c1OCc1ccc(F)cc1. The molecule has 1 heterocycles. The number of carbonyl (C=O) groups excluding carboxylic acids is 3. The number of benzene rings is 3. The number of carbonyl (C=O) groups is 3. The van der Waals surface area contributed by atoms with Gasteiger partial charge in [-0.3, -0.25) is 25.0 Å². The number of nitro benzene ring substituents is 1. The molecule has 0 spiro atoms. The largest absolute Gasteiger partial charge is 0.493 e. The maximum Gasteiger partial charge on any atom is 0.335 e. The summed E-state index contributed by atoms with van der Waals surface area (Å²) in [7, 11) is 1.37. The molecule has 0 atom stereocenters. The molecule has 1 N–H and O–H groups in total. The molecule has 0 saturated carbocycles. The summed E-state index contributed by atoms with van der Waals surface area (Å²) in [6, 6.07) is 12.4. The van der Waals surface area contributed by atoms with Gasteiger partial charge in [0.15, 0.2) is 11.5 Å². The first-order valence-electron chi connectivity index (χ1n) is 10.6. The fraction of sp³-hybridized carbons (Fsp3) is 0.0800. The van der Waals surface area contributed by atoms with E-state index in [1.54, 1.807) is 12.1 Å². The minimum absolute atomic E-state index is 0.0674. The van der Waals surface area contributed by atoms with E-state index >= 15 is 0 Å². The number of nitro groups is 1. The minimum Gasteiger partial charge on any atom is -0.493 e. The van der Waals surface area contributed by atoms with E-state index in [1.165, 1.54) is 55.7 Å². The molecule has 3 aromatic carbocycles. The zero-order valence-electron chi connectivity index (χ0n) is 19.1. The first-order chi connectivity index (χ1) is 17.7. The highest BCUT2D eigenvalue weighted by atomic mass is 35.5. The molecule has 1 fully saturated rings. The molecule has 0 radical (unpaired) electrons. The number of nitrogens with one attached hydrogen (secondary N) is 1. The molecule has 1 aliphatic rings. The van der Waals surface area contributed by atoms with Gasteiger partial charge < -0.3 is 9.47 Å². The molecule has 10 nitrogen and oxygen atoms in total. The fourth-order valence-corrected chi connectivity index (χ4v) is 3.78. The third kappa shape index (κ3) is 5.41. The molecule has 1 saturated heterocycles. The second-order valence-corrected chi connectivity index (χ2v) is 8.09. The number of hydrogen-bond acceptors (Lipinski definition) is 7. The summed E-state index contributed by atoms with van der Waals surface area (Å²) in [4.78, 5) is 49.1. The quantitative estimate of drug-likeness (QED) is 0.206. The summed E-state index contributed by atoms with van der Waals surface area (Å²) in [5.41, 5.74) is 0.122. The average Bonchev–Trinajstić information content (AvgIpc) is 2.86. The summed E-state index contributed by atoms with van der Waals surface area (Å²) in [5, 5.41) is 13.3. The zero-order valence-corrected chi connectivity index (χ0v) is 19.8. The third-order valence-electron chi connectivity index (χ3n) is 5.26. The molecule has 37 heavy (non-hydrogen) atoms. The van der Waals surface area contributed by atoms with Crippen LogP contribution < -0.4 is 19.7 Å². The highest BCUT2D eigenvalue weighted by Gasteiger charge is 2.37. The molecule has 0 bridgehead atoms. The van der Waals surface area contributed by atoms with Gasteiger partial charge in [-0.05, 0) is 47.5 Å². The van der Waals surface area contributed by atoms with Crippen molar-refractivity contribution in [1.29, 1.82) is 0 Å². The Hall–Kier alpha value is -4.77. The molecular weight excluding hydrogens is 509 g/mol. The number of urea groups is 1. The smallest absolute Gasteiger partial charge is 0.335 e. The van der Waals surface area contributed by atoms with Gasteiger partial charge in [0, 0.05) is 12.1 Å². The molecule has 0 unspecified atom stereocenters. The van der Waals surface area contributed by atoms with Gasteiger partial charge in [0.2, 0.25) is 0 Å². The average molecular weight is 526 g/mol. The van der Waals surface area contributed by atoms with Gasteiger partial charge in [-0.25, -0.2) is 14.1 Å². The van der Waals surface area contributed by atoms with E-state index in [0.717, 1.165) is 6.07 Å². The fourth-order valence-electron chi connectivity index (χ4n) is 3.50. The number of imide groups is 2. The normalized spacial score (nSPS) is 14.5. The monoisotopic (exact) mass is 525 g/mol. The number of non-ortho nitro benzene ring substituents is 1. The van der Waals surface area contributed by atoms with E-state index in [2.05, 4.69) is 0 Å². The highest BCUT2D eigenvalue weighted by Crippen LogP contribution is 2.38. The second kappa shape index (κ2) is 10.5. The lowest BCUT2D eigenvalue weighted by Gasteiger charge is -2.26. The topological polar surface area (TPSA) is 128 Å². The first-order valence-corrected chi connectivity index (χ1v) is 11.0. The van der Waals surface area contributed by atoms with E-state index in [9.17, 15) is 28.9 Å². The van der Waals surface area contributed by atoms with Crippen LogP contribution in [-0.2, 0) is 16.2 Å². The van der Waals surface area contributed by atoms with Crippen molar-refractivity contribution in [3.05, 3.63) is 98.3 Å². The van der Waals surface area contributed by atoms with Crippen molar-refractivity contribution in [3.8, 4) is 11.5 Å². The zero-order chi connectivity index (χ0) is 26.7. The molecule has 188 valence electrons. The first kappa shape index (κ1) is 25.3. The minimum atomic E-state index is -1.05. The van der Waals surface area contributed by atoms with Crippen LogP contribution in [0.3, 0.4) is 0 Å². The van der Waals surface area contributed by atoms with Crippen LogP contribution in [0, 0.1) is 15.9 Å². The molecular formula is C25H17ClFN3O7. The van der Waals surface area contributed by atoms with Crippen molar-refractivity contribution >= 4 is 46.9 Å². The van der Waals surface area contributed by atoms with Crippen molar-refractivity contribution in [3.63, 3.8) is 0 Å². The van der Waals surface area contributed by atoms with Crippen LogP contribution in [-0.4, -0.2) is 29.9 Å². The van der Waals surface area contributed by atoms with Crippen LogP contribution in [0.5, 0.6) is 11.5 Å². The van der Waals surface area contributed by atoms with Crippen molar-refractivity contribution in [2.75, 3.05) is 12.0 Å². The predicted octanol–water partition coefficient (Wildman–Crippen LogP) is 4.64. The molecule has 3 aromatic rings. The maximum absolute atomic E-state index is 13.1. The Morgan fingerprint density at radius 3 is 2.51 bits per heavy atom. The standard InChI is InChI=1S/C25H17ClFN3O7/c1-36-21-11-15(10-20(26)22(21)37-13-14-5-7-16(27)8-6-14)9-19-23(31)28-25(33)29(24(19)32)17-3-2-4-18(12-17)30(34)35/h2-12H,13H2,1H3,(H,28,31,33)/b19-9+. The number of anilines is 1. The van der Waals surface area contributed by atoms with Crippen LogP contribution >= 0.6 is 11.6 Å². The van der Waals surface area contributed by atoms with Crippen LogP contribution in [0.25, 0.3) is 6.08 Å². The number of nitrogens with zero attached hydrogens (tertiary/aromatic N) is 2. The number of barbiturate groups is 1. The van der Waals surface area contributed by atoms with Gasteiger partial charge in [0.25, 0.3) is 17.5 Å². The lowest BCUT2D eigenvalue weighted by atomic mass is 10.1. The summed E-state index contributed by atoms with van der Waals surface area (Å²) in [5.74, 6) is -1.95. The van der Waals surface area contributed by atoms with Gasteiger partial charge in [-0.15, -0.1) is 0 Å². The summed E-state index contributed by atoms with van der Waals surface area (Å²) in [6.45, 7) is 0.0674. The van der Waals surface area contributed by atoms with Crippen LogP contribution in [0.4, 0.5) is 20.6 Å². The second-order valence-electron chi connectivity index (χ2n) is 7.68. The van der Waals surface area contributed by atoms with Crippen molar-refractivity contribution in [1.82, 2.24) is 5.32 Å². The lowest BCUT2D eigenvalue weighted by molar-refractivity contribution is -0.384. The lowest BCUT2D eigenvalue weighted by Crippen LogP contribution is -2.54. The van der Waals surface area contributed by atoms with Crippen LogP contribution in [0.1, 0.15) is 11.1 Å². The molecule has 0 aromatic heterocycles. The van der Waals surface area contributed by atoms with E-state index in [-0.39, 0.29) is 45.9 Å². The van der Waals surface area contributed by atoms with Gasteiger partial charge >= 0.3 is 6.03 Å². The Labute approximate surface area is 214 Å². The Bertz CT molecular complexity index is 1460. The number of halogens is 2. The maximum atomic E-state index is 13.1. The highest BCUT2D eigenvalue weighted by molar-refractivity contribution is 6.39. The van der Waals surface area contributed by atoms with Gasteiger partial charge in [0.05, 0.1) is 22.7 Å². The predicted molar refractivity (Wildman–Crippen MR) is 131 cm³/mol. The molecule has 12 heteroatoms. The molecule has 0 aliphatic carbocycles. The number of hydrogen-bond donors (Lipinski definition) is 1. The van der Waals surface area contributed by atoms with E-state index in [1.807, 2.05) is 5.32 Å². The Morgan fingerprint density at radius 1 is 1.11 bits per heavy atom. The molecule has 4 rings (SSSR count). The van der Waals surface area contributed by atoms with Crippen molar-refractivity contribution in [2.24, 2.45) is 0 Å². The Kier molecular flexibility index (Phi) is 7.16. The van der Waals surface area contributed by atoms with Crippen molar-refractivity contribution < 1.29 is 33.2 Å². The van der Waals surface area contributed by atoms with E-state index in [4.69, 9.17) is 21.1 Å². The van der Waals surface area contributed by atoms with Crippen LogP contribution in [0.15, 0.2) is 66.2 Å². The van der Waals surface area contributed by atoms with Gasteiger partial charge in [-0.2, -0.15) is 0 Å². The van der Waals surface area contributed by atoms with Gasteiger partial charge in [-0.1, -0.05) is 29.8 Å². The van der Waals surface area contributed by atoms with Crippen molar-refractivity contribution in [2.45, 2.75) is 6.61 Å². The number of rotatable bonds is 7. The van der Waals surface area contributed by atoms with Gasteiger partial charge in [0.1, 0.15) is 18.0 Å². The number of methoxy groups -OCH3 is 1. The van der Waals surface area contributed by atoms with E-state index < -0.39 is 28.3 Å². The Morgan fingerprint density at radius 2 is 1.84 bits per heavy atom. The summed E-state index contributed by atoms with van der Waals surface area (Å²) < 4.78 is 24.2. The third-order valence-corrected chi connectivity index (χ3v) is 5.54. The summed E-state index contributed by atoms with van der Waals surface area (Å²) >= 11 is 6.38. The summed E-state index contributed by atoms with van der Waals surface area (Å²) in [6.07, 6.45) is 1.20. The van der Waals surface area contributed by atoms with Crippen LogP contribution in [0.2, 0.25) is 5.02 Å². The molecule has 4 amide bonds. The number of amides is 4.